The third-order valence-corrected chi connectivity index (χ3v) is 3.11. The van der Waals surface area contributed by atoms with E-state index >= 15 is 0 Å². The van der Waals surface area contributed by atoms with E-state index in [1.807, 2.05) is 0 Å². The van der Waals surface area contributed by atoms with E-state index in [2.05, 4.69) is 53.4 Å². The Morgan fingerprint density at radius 1 is 1.16 bits per heavy atom. The molecule has 0 spiro atoms. The summed E-state index contributed by atoms with van der Waals surface area (Å²) in [6.45, 7) is 2.87. The van der Waals surface area contributed by atoms with E-state index in [0.717, 1.165) is 18.7 Å². The van der Waals surface area contributed by atoms with Crippen molar-refractivity contribution in [1.82, 2.24) is 0 Å². The molecule has 100 valence electrons. The first-order valence-corrected chi connectivity index (χ1v) is 6.50. The van der Waals surface area contributed by atoms with Crippen LogP contribution in [0.25, 0.3) is 10.8 Å². The molecule has 0 aromatic heterocycles. The number of carbonyl (C=O) groups excluding carboxylic acids is 1. The van der Waals surface area contributed by atoms with Gasteiger partial charge in [0.1, 0.15) is 0 Å². The first-order chi connectivity index (χ1) is 9.19. The summed E-state index contributed by atoms with van der Waals surface area (Å²) in [7, 11) is 1.42. The largest absolute Gasteiger partial charge is 0.469 e. The van der Waals surface area contributed by atoms with Gasteiger partial charge in [-0.2, -0.15) is 0 Å². The van der Waals surface area contributed by atoms with Crippen LogP contribution in [0.2, 0.25) is 0 Å². The predicted octanol–water partition coefficient (Wildman–Crippen LogP) is 3.51. The fourth-order valence-corrected chi connectivity index (χ4v) is 2.04. The molecule has 0 fully saturated rings. The molecule has 19 heavy (non-hydrogen) atoms. The lowest BCUT2D eigenvalue weighted by Gasteiger charge is -2.07. The van der Waals surface area contributed by atoms with Crippen LogP contribution in [0.15, 0.2) is 36.4 Å². The monoisotopic (exact) mass is 257 g/mol. The molecule has 2 aromatic carbocycles. The Morgan fingerprint density at radius 2 is 1.89 bits per heavy atom. The number of carbonyl (C=O) groups is 1. The number of hydrogen-bond acceptors (Lipinski definition) is 3. The summed E-state index contributed by atoms with van der Waals surface area (Å²) < 4.78 is 4.60. The van der Waals surface area contributed by atoms with Crippen molar-refractivity contribution in [3.63, 3.8) is 0 Å². The molecule has 0 aliphatic carbocycles. The lowest BCUT2D eigenvalue weighted by atomic mass is 10.1. The van der Waals surface area contributed by atoms with E-state index in [1.165, 1.54) is 23.4 Å². The zero-order chi connectivity index (χ0) is 13.7. The van der Waals surface area contributed by atoms with Crippen LogP contribution in [-0.2, 0) is 9.53 Å². The summed E-state index contributed by atoms with van der Waals surface area (Å²) in [4.78, 5) is 11.0. The number of hydrogen-bond donors (Lipinski definition) is 1. The molecule has 0 unspecified atom stereocenters. The van der Waals surface area contributed by atoms with Crippen molar-refractivity contribution in [2.45, 2.75) is 19.8 Å². The summed E-state index contributed by atoms with van der Waals surface area (Å²) >= 11 is 0. The minimum atomic E-state index is -0.157. The molecule has 2 rings (SSSR count). The quantitative estimate of drug-likeness (QED) is 0.658. The molecule has 0 amide bonds. The smallest absolute Gasteiger partial charge is 0.305 e. The van der Waals surface area contributed by atoms with E-state index in [4.69, 9.17) is 0 Å². The van der Waals surface area contributed by atoms with Gasteiger partial charge in [0.05, 0.1) is 7.11 Å². The summed E-state index contributed by atoms with van der Waals surface area (Å²) in [5.41, 5.74) is 2.35. The highest BCUT2D eigenvalue weighted by molar-refractivity contribution is 5.86. The lowest BCUT2D eigenvalue weighted by molar-refractivity contribution is -0.140. The predicted molar refractivity (Wildman–Crippen MR) is 78.4 cm³/mol. The van der Waals surface area contributed by atoms with Crippen LogP contribution in [-0.4, -0.2) is 19.6 Å². The highest BCUT2D eigenvalue weighted by Gasteiger charge is 2.00. The second-order valence-electron chi connectivity index (χ2n) is 4.67. The van der Waals surface area contributed by atoms with Crippen molar-refractivity contribution < 1.29 is 9.53 Å². The van der Waals surface area contributed by atoms with Gasteiger partial charge in [-0.3, -0.25) is 4.79 Å². The second kappa shape index (κ2) is 6.23. The molecule has 0 saturated carbocycles. The first-order valence-electron chi connectivity index (χ1n) is 6.50. The minimum absolute atomic E-state index is 0.157. The third-order valence-electron chi connectivity index (χ3n) is 3.11. The molecule has 0 atom stereocenters. The van der Waals surface area contributed by atoms with Crippen molar-refractivity contribution >= 4 is 22.4 Å². The zero-order valence-corrected chi connectivity index (χ0v) is 11.4. The molecule has 0 heterocycles. The second-order valence-corrected chi connectivity index (χ2v) is 4.67. The fourth-order valence-electron chi connectivity index (χ4n) is 2.04. The van der Waals surface area contributed by atoms with Gasteiger partial charge in [-0.1, -0.05) is 29.8 Å². The molecule has 0 saturated heterocycles. The van der Waals surface area contributed by atoms with Crippen LogP contribution < -0.4 is 5.32 Å². The zero-order valence-electron chi connectivity index (χ0n) is 11.4. The van der Waals surface area contributed by atoms with E-state index in [9.17, 15) is 4.79 Å². The number of nitrogens with one attached hydrogen (secondary N) is 1. The van der Waals surface area contributed by atoms with Gasteiger partial charge in [-0.25, -0.2) is 0 Å². The SMILES string of the molecule is COC(=O)CCCNc1ccc2cc(C)ccc2c1. The fraction of sp³-hybridized carbons (Fsp3) is 0.312. The number of anilines is 1. The Bertz CT molecular complexity index is 578. The molecule has 3 nitrogen and oxygen atoms in total. The normalized spacial score (nSPS) is 10.4. The Morgan fingerprint density at radius 3 is 2.68 bits per heavy atom. The Hall–Kier alpha value is -2.03. The average molecular weight is 257 g/mol. The van der Waals surface area contributed by atoms with Crippen LogP contribution in [0.5, 0.6) is 0 Å². The van der Waals surface area contributed by atoms with Crippen molar-refractivity contribution in [2.75, 3.05) is 19.0 Å². The number of esters is 1. The minimum Gasteiger partial charge on any atom is -0.469 e. The highest BCUT2D eigenvalue weighted by Crippen LogP contribution is 2.20. The number of methoxy groups -OCH3 is 1. The number of rotatable bonds is 5. The molecule has 3 heteroatoms. The van der Waals surface area contributed by atoms with Crippen LogP contribution in [0.3, 0.4) is 0 Å². The maximum Gasteiger partial charge on any atom is 0.305 e. The van der Waals surface area contributed by atoms with Gasteiger partial charge in [0.15, 0.2) is 0 Å². The van der Waals surface area contributed by atoms with E-state index in [0.29, 0.717) is 6.42 Å². The van der Waals surface area contributed by atoms with Crippen LogP contribution in [0.1, 0.15) is 18.4 Å². The van der Waals surface area contributed by atoms with Crippen molar-refractivity contribution in [2.24, 2.45) is 0 Å². The Balaban J connectivity index is 1.94. The summed E-state index contributed by atoms with van der Waals surface area (Å²) in [6.07, 6.45) is 1.23. The third kappa shape index (κ3) is 3.71. The summed E-state index contributed by atoms with van der Waals surface area (Å²) in [5, 5.41) is 5.80. The van der Waals surface area contributed by atoms with Gasteiger partial charge in [0.2, 0.25) is 0 Å². The first kappa shape index (κ1) is 13.4. The molecule has 0 bridgehead atoms. The van der Waals surface area contributed by atoms with Crippen LogP contribution in [0, 0.1) is 6.92 Å². The molecule has 1 N–H and O–H groups in total. The van der Waals surface area contributed by atoms with Gasteiger partial charge < -0.3 is 10.1 Å². The lowest BCUT2D eigenvalue weighted by Crippen LogP contribution is -2.06. The van der Waals surface area contributed by atoms with Gasteiger partial charge in [0.25, 0.3) is 0 Å². The molecule has 0 aliphatic heterocycles. The van der Waals surface area contributed by atoms with Gasteiger partial charge in [-0.05, 0) is 36.2 Å². The van der Waals surface area contributed by atoms with Crippen molar-refractivity contribution in [1.29, 1.82) is 0 Å². The van der Waals surface area contributed by atoms with Crippen LogP contribution in [0.4, 0.5) is 5.69 Å². The van der Waals surface area contributed by atoms with E-state index in [-0.39, 0.29) is 5.97 Å². The maximum absolute atomic E-state index is 11.0. The van der Waals surface area contributed by atoms with E-state index < -0.39 is 0 Å². The average Bonchev–Trinajstić information content (AvgIpc) is 2.43. The number of fused-ring (bicyclic) bond motifs is 1. The molecule has 0 aliphatic rings. The van der Waals surface area contributed by atoms with E-state index in [1.54, 1.807) is 0 Å². The molecular formula is C16H19NO2. The van der Waals surface area contributed by atoms with Crippen LogP contribution >= 0.6 is 0 Å². The van der Waals surface area contributed by atoms with Gasteiger partial charge in [-0.15, -0.1) is 0 Å². The Kier molecular flexibility index (Phi) is 4.39. The van der Waals surface area contributed by atoms with Gasteiger partial charge >= 0.3 is 5.97 Å². The summed E-state index contributed by atoms with van der Waals surface area (Å²) in [6, 6.07) is 12.7. The topological polar surface area (TPSA) is 38.3 Å². The molecular weight excluding hydrogens is 238 g/mol. The Labute approximate surface area is 113 Å². The highest BCUT2D eigenvalue weighted by atomic mass is 16.5. The molecule has 2 aromatic rings. The van der Waals surface area contributed by atoms with Gasteiger partial charge in [0, 0.05) is 18.7 Å². The standard InChI is InChI=1S/C16H19NO2/c1-12-5-6-14-11-15(8-7-13(14)10-12)17-9-3-4-16(18)19-2/h5-8,10-11,17H,3-4,9H2,1-2H3. The number of aryl methyl sites for hydroxylation is 1. The number of benzene rings is 2. The maximum atomic E-state index is 11.0. The van der Waals surface area contributed by atoms with Crippen molar-refractivity contribution in [3.8, 4) is 0 Å². The van der Waals surface area contributed by atoms with Crippen molar-refractivity contribution in [3.05, 3.63) is 42.0 Å². The summed E-state index contributed by atoms with van der Waals surface area (Å²) in [5.74, 6) is -0.157. The molecule has 0 radical (unpaired) electrons. The number of ether oxygens (including phenoxy) is 1.